The van der Waals surface area contributed by atoms with Crippen molar-refractivity contribution in [2.45, 2.75) is 26.4 Å². The number of carbonyl (C=O) groups is 2. The summed E-state index contributed by atoms with van der Waals surface area (Å²) in [6, 6.07) is 5.64. The van der Waals surface area contributed by atoms with Crippen LogP contribution in [0.1, 0.15) is 18.9 Å². The lowest BCUT2D eigenvalue weighted by molar-refractivity contribution is -0.140. The van der Waals surface area contributed by atoms with E-state index < -0.39 is 6.10 Å². The molecule has 0 heterocycles. The third-order valence-corrected chi connectivity index (χ3v) is 3.96. The quantitative estimate of drug-likeness (QED) is 0.644. The molecule has 134 valence electrons. The number of halogens is 1. The van der Waals surface area contributed by atoms with E-state index in [1.807, 2.05) is 25.1 Å². The normalized spacial score (nSPS) is 11.7. The van der Waals surface area contributed by atoms with Gasteiger partial charge in [-0.15, -0.1) is 0 Å². The van der Waals surface area contributed by atoms with Gasteiger partial charge in [0.1, 0.15) is 5.75 Å². The molecule has 2 amide bonds. The Morgan fingerprint density at radius 3 is 2.71 bits per heavy atom. The van der Waals surface area contributed by atoms with Crippen molar-refractivity contribution >= 4 is 27.7 Å². The fourth-order valence-electron chi connectivity index (χ4n) is 2.05. The molecule has 0 aromatic heterocycles. The zero-order chi connectivity index (χ0) is 18.1. The Hall–Kier alpha value is -1.60. The van der Waals surface area contributed by atoms with Gasteiger partial charge in [-0.2, -0.15) is 0 Å². The topological polar surface area (TPSA) is 67.9 Å². The summed E-state index contributed by atoms with van der Waals surface area (Å²) < 4.78 is 11.4. The Labute approximate surface area is 151 Å². The molecule has 0 aliphatic carbocycles. The van der Waals surface area contributed by atoms with Crippen molar-refractivity contribution in [3.05, 3.63) is 28.2 Å². The zero-order valence-corrected chi connectivity index (χ0v) is 16.2. The van der Waals surface area contributed by atoms with Crippen LogP contribution >= 0.6 is 15.9 Å². The summed E-state index contributed by atoms with van der Waals surface area (Å²) in [6.07, 6.45) is 0.0521. The van der Waals surface area contributed by atoms with Gasteiger partial charge in [0.15, 0.2) is 6.10 Å². The monoisotopic (exact) mass is 400 g/mol. The van der Waals surface area contributed by atoms with Crippen molar-refractivity contribution in [2.24, 2.45) is 0 Å². The van der Waals surface area contributed by atoms with Crippen molar-refractivity contribution < 1.29 is 19.1 Å². The van der Waals surface area contributed by atoms with Crippen LogP contribution in [-0.2, 0) is 14.3 Å². The van der Waals surface area contributed by atoms with Crippen LogP contribution in [-0.4, -0.2) is 56.7 Å². The van der Waals surface area contributed by atoms with E-state index in [1.165, 1.54) is 4.90 Å². The summed E-state index contributed by atoms with van der Waals surface area (Å²) in [5.74, 6) is 0.138. The molecule has 1 unspecified atom stereocenters. The maximum absolute atomic E-state index is 12.3. The first-order chi connectivity index (χ1) is 11.3. The van der Waals surface area contributed by atoms with Crippen LogP contribution in [0.5, 0.6) is 5.75 Å². The molecule has 0 aliphatic rings. The average Bonchev–Trinajstić information content (AvgIpc) is 2.53. The van der Waals surface area contributed by atoms with E-state index in [4.69, 9.17) is 9.47 Å². The van der Waals surface area contributed by atoms with Gasteiger partial charge >= 0.3 is 0 Å². The molecule has 1 rings (SSSR count). The molecule has 0 saturated carbocycles. The summed E-state index contributed by atoms with van der Waals surface area (Å²) in [5, 5.41) is 2.75. The van der Waals surface area contributed by atoms with E-state index in [1.54, 1.807) is 21.1 Å². The molecule has 0 bridgehead atoms. The Kier molecular flexibility index (Phi) is 8.78. The summed E-state index contributed by atoms with van der Waals surface area (Å²) in [4.78, 5) is 25.5. The predicted octanol–water partition coefficient (Wildman–Crippen LogP) is 2.14. The highest BCUT2D eigenvalue weighted by atomic mass is 79.9. The number of hydrogen-bond acceptors (Lipinski definition) is 4. The third-order valence-electron chi connectivity index (χ3n) is 3.34. The highest BCUT2D eigenvalue weighted by Crippen LogP contribution is 2.26. The summed E-state index contributed by atoms with van der Waals surface area (Å²) in [5.41, 5.74) is 1.09. The number of likely N-dealkylation sites (N-methyl/N-ethyl adjacent to an activating group) is 1. The Morgan fingerprint density at radius 2 is 2.08 bits per heavy atom. The molecule has 6 nitrogen and oxygen atoms in total. The molecule has 0 fully saturated rings. The number of methoxy groups -OCH3 is 1. The molecule has 1 aromatic carbocycles. The van der Waals surface area contributed by atoms with E-state index in [-0.39, 0.29) is 18.4 Å². The number of carbonyl (C=O) groups excluding carboxylic acids is 2. The highest BCUT2D eigenvalue weighted by Gasteiger charge is 2.21. The lowest BCUT2D eigenvalue weighted by Crippen LogP contribution is -2.43. The van der Waals surface area contributed by atoms with Gasteiger partial charge in [-0.3, -0.25) is 9.59 Å². The average molecular weight is 401 g/mol. The second-order valence-electron chi connectivity index (χ2n) is 5.58. The van der Waals surface area contributed by atoms with Gasteiger partial charge in [0.05, 0.1) is 11.0 Å². The van der Waals surface area contributed by atoms with Crippen molar-refractivity contribution in [1.29, 1.82) is 0 Å². The van der Waals surface area contributed by atoms with Crippen LogP contribution in [0, 0.1) is 6.92 Å². The fourth-order valence-corrected chi connectivity index (χ4v) is 2.63. The van der Waals surface area contributed by atoms with Gasteiger partial charge in [0.2, 0.25) is 5.91 Å². The van der Waals surface area contributed by atoms with Gasteiger partial charge in [-0.05, 0) is 53.9 Å². The van der Waals surface area contributed by atoms with Crippen LogP contribution in [0.25, 0.3) is 0 Å². The molecule has 24 heavy (non-hydrogen) atoms. The summed E-state index contributed by atoms with van der Waals surface area (Å²) in [6.45, 7) is 4.75. The SMILES string of the molecule is COCCCNC(=O)CN(C)C(=O)C(C)Oc1ccc(C)cc1Br. The van der Waals surface area contributed by atoms with Crippen LogP contribution in [0.15, 0.2) is 22.7 Å². The second-order valence-corrected chi connectivity index (χ2v) is 6.44. The van der Waals surface area contributed by atoms with Crippen molar-refractivity contribution in [3.8, 4) is 5.75 Å². The van der Waals surface area contributed by atoms with Crippen LogP contribution < -0.4 is 10.1 Å². The number of aryl methyl sites for hydroxylation is 1. The highest BCUT2D eigenvalue weighted by molar-refractivity contribution is 9.10. The minimum atomic E-state index is -0.685. The second kappa shape index (κ2) is 10.3. The molecule has 1 N–H and O–H groups in total. The van der Waals surface area contributed by atoms with Crippen molar-refractivity contribution in [3.63, 3.8) is 0 Å². The molecule has 0 saturated heterocycles. The molecule has 0 radical (unpaired) electrons. The first-order valence-electron chi connectivity index (χ1n) is 7.78. The number of nitrogens with one attached hydrogen (secondary N) is 1. The Morgan fingerprint density at radius 1 is 1.38 bits per heavy atom. The molecular weight excluding hydrogens is 376 g/mol. The molecule has 1 atom stereocenters. The lowest BCUT2D eigenvalue weighted by atomic mass is 10.2. The Bertz CT molecular complexity index is 566. The van der Waals surface area contributed by atoms with E-state index in [0.717, 1.165) is 16.5 Å². The van der Waals surface area contributed by atoms with E-state index in [0.29, 0.717) is 18.9 Å². The Balaban J connectivity index is 2.47. The number of hydrogen-bond donors (Lipinski definition) is 1. The molecule has 1 aromatic rings. The standard InChI is InChI=1S/C17H25BrN2O4/c1-12-6-7-15(14(18)10-12)24-13(2)17(22)20(3)11-16(21)19-8-5-9-23-4/h6-7,10,13H,5,8-9,11H2,1-4H3,(H,19,21). The van der Waals surface area contributed by atoms with E-state index >= 15 is 0 Å². The summed E-state index contributed by atoms with van der Waals surface area (Å²) in [7, 11) is 3.20. The maximum atomic E-state index is 12.3. The number of benzene rings is 1. The fraction of sp³-hybridized carbons (Fsp3) is 0.529. The number of nitrogens with zero attached hydrogens (tertiary/aromatic N) is 1. The molecule has 0 aliphatic heterocycles. The number of rotatable bonds is 9. The van der Waals surface area contributed by atoms with Gasteiger partial charge in [-0.25, -0.2) is 0 Å². The number of amides is 2. The van der Waals surface area contributed by atoms with Gasteiger partial charge in [-0.1, -0.05) is 6.07 Å². The van der Waals surface area contributed by atoms with E-state index in [9.17, 15) is 9.59 Å². The van der Waals surface area contributed by atoms with Crippen molar-refractivity contribution in [2.75, 3.05) is 33.9 Å². The minimum Gasteiger partial charge on any atom is -0.480 e. The van der Waals surface area contributed by atoms with Crippen LogP contribution in [0.4, 0.5) is 0 Å². The van der Waals surface area contributed by atoms with Gasteiger partial charge in [0, 0.05) is 27.3 Å². The molecule has 7 heteroatoms. The smallest absolute Gasteiger partial charge is 0.263 e. The van der Waals surface area contributed by atoms with Gasteiger partial charge in [0.25, 0.3) is 5.91 Å². The summed E-state index contributed by atoms with van der Waals surface area (Å²) >= 11 is 3.42. The zero-order valence-electron chi connectivity index (χ0n) is 14.6. The largest absolute Gasteiger partial charge is 0.480 e. The lowest BCUT2D eigenvalue weighted by Gasteiger charge is -2.22. The first kappa shape index (κ1) is 20.4. The van der Waals surface area contributed by atoms with E-state index in [2.05, 4.69) is 21.2 Å². The van der Waals surface area contributed by atoms with Crippen LogP contribution in [0.2, 0.25) is 0 Å². The third kappa shape index (κ3) is 6.88. The van der Waals surface area contributed by atoms with Crippen LogP contribution in [0.3, 0.4) is 0 Å². The molecule has 0 spiro atoms. The molecular formula is C17H25BrN2O4. The number of ether oxygens (including phenoxy) is 2. The van der Waals surface area contributed by atoms with Gasteiger partial charge < -0.3 is 19.7 Å². The first-order valence-corrected chi connectivity index (χ1v) is 8.58. The van der Waals surface area contributed by atoms with Crippen molar-refractivity contribution in [1.82, 2.24) is 10.2 Å². The predicted molar refractivity (Wildman–Crippen MR) is 96.1 cm³/mol. The minimum absolute atomic E-state index is 0.00537. The maximum Gasteiger partial charge on any atom is 0.263 e.